The van der Waals surface area contributed by atoms with E-state index in [1.54, 1.807) is 12.3 Å². The molecular weight excluding hydrogens is 450 g/mol. The lowest BCUT2D eigenvalue weighted by Crippen LogP contribution is -2.21. The average molecular weight is 476 g/mol. The van der Waals surface area contributed by atoms with Crippen LogP contribution in [0.4, 0.5) is 11.5 Å². The van der Waals surface area contributed by atoms with E-state index in [1.165, 1.54) is 6.33 Å². The highest BCUT2D eigenvalue weighted by molar-refractivity contribution is 7.88. The third kappa shape index (κ3) is 6.15. The first-order valence-corrected chi connectivity index (χ1v) is 12.5. The number of anilines is 2. The van der Waals surface area contributed by atoms with Crippen molar-refractivity contribution in [3.05, 3.63) is 84.0 Å². The maximum Gasteiger partial charge on any atom is 0.208 e. The van der Waals surface area contributed by atoms with Crippen LogP contribution in [0, 0.1) is 13.8 Å². The van der Waals surface area contributed by atoms with Gasteiger partial charge in [-0.3, -0.25) is 4.98 Å². The molecule has 0 bridgehead atoms. The molecule has 4 rings (SSSR count). The van der Waals surface area contributed by atoms with Crippen LogP contribution in [-0.4, -0.2) is 36.2 Å². The lowest BCUT2D eigenvalue weighted by Gasteiger charge is -2.12. The predicted octanol–water partition coefficient (Wildman–Crippen LogP) is 4.74. The Balaban J connectivity index is 1.53. The zero-order chi connectivity index (χ0) is 24.1. The first-order valence-electron chi connectivity index (χ1n) is 10.6. The molecule has 174 valence electrons. The molecule has 0 aliphatic rings. The molecule has 9 heteroatoms. The molecule has 2 aromatic heterocycles. The number of sulfonamides is 1. The quantitative estimate of drug-likeness (QED) is 0.379. The second-order valence-corrected chi connectivity index (χ2v) is 9.70. The molecule has 0 radical (unpaired) electrons. The van der Waals surface area contributed by atoms with Gasteiger partial charge in [-0.15, -0.1) is 0 Å². The summed E-state index contributed by atoms with van der Waals surface area (Å²) >= 11 is 0. The van der Waals surface area contributed by atoms with Gasteiger partial charge in [0.25, 0.3) is 0 Å². The molecule has 2 heterocycles. The summed E-state index contributed by atoms with van der Waals surface area (Å²) in [4.78, 5) is 13.0. The number of pyridine rings is 1. The van der Waals surface area contributed by atoms with Crippen LogP contribution < -0.4 is 14.8 Å². The first-order chi connectivity index (χ1) is 16.3. The topological polar surface area (TPSA) is 106 Å². The monoisotopic (exact) mass is 475 g/mol. The fourth-order valence-electron chi connectivity index (χ4n) is 3.29. The second-order valence-electron chi connectivity index (χ2n) is 7.86. The molecule has 0 saturated carbocycles. The van der Waals surface area contributed by atoms with E-state index < -0.39 is 10.0 Å². The van der Waals surface area contributed by atoms with Gasteiger partial charge in [-0.05, 0) is 67.4 Å². The molecule has 2 N–H and O–H groups in total. The molecule has 0 fully saturated rings. The summed E-state index contributed by atoms with van der Waals surface area (Å²) in [6, 6.07) is 15.4. The number of fused-ring (bicyclic) bond motifs is 1. The summed E-state index contributed by atoms with van der Waals surface area (Å²) in [5.41, 5.74) is 4.47. The zero-order valence-electron chi connectivity index (χ0n) is 19.1. The van der Waals surface area contributed by atoms with Gasteiger partial charge >= 0.3 is 0 Å². The van der Waals surface area contributed by atoms with Gasteiger partial charge < -0.3 is 10.1 Å². The largest absolute Gasteiger partial charge is 0.455 e. The van der Waals surface area contributed by atoms with Crippen LogP contribution >= 0.6 is 0 Å². The van der Waals surface area contributed by atoms with E-state index in [2.05, 4.69) is 25.0 Å². The van der Waals surface area contributed by atoms with Crippen molar-refractivity contribution < 1.29 is 13.2 Å². The van der Waals surface area contributed by atoms with E-state index in [-0.39, 0.29) is 6.54 Å². The molecule has 0 spiro atoms. The van der Waals surface area contributed by atoms with Crippen molar-refractivity contribution in [1.82, 2.24) is 19.7 Å². The molecule has 0 unspecified atom stereocenters. The Morgan fingerprint density at radius 1 is 1.00 bits per heavy atom. The first kappa shape index (κ1) is 23.3. The van der Waals surface area contributed by atoms with E-state index in [1.807, 2.05) is 68.5 Å². The number of hydrogen-bond acceptors (Lipinski definition) is 7. The third-order valence-corrected chi connectivity index (χ3v) is 5.67. The number of nitrogens with zero attached hydrogens (tertiary/aromatic N) is 3. The van der Waals surface area contributed by atoms with Gasteiger partial charge in [-0.2, -0.15) is 0 Å². The Labute approximate surface area is 198 Å². The summed E-state index contributed by atoms with van der Waals surface area (Å²) in [6.45, 7) is 4.13. The fourth-order valence-corrected chi connectivity index (χ4v) is 3.69. The normalized spacial score (nSPS) is 11.7. The van der Waals surface area contributed by atoms with Gasteiger partial charge in [0.05, 0.1) is 18.0 Å². The Bertz CT molecular complexity index is 1450. The predicted molar refractivity (Wildman–Crippen MR) is 135 cm³/mol. The molecule has 0 saturated heterocycles. The van der Waals surface area contributed by atoms with Crippen LogP contribution in [0.1, 0.15) is 16.8 Å². The van der Waals surface area contributed by atoms with Crippen LogP contribution in [0.2, 0.25) is 0 Å². The Morgan fingerprint density at radius 3 is 2.59 bits per heavy atom. The molecule has 0 aliphatic carbocycles. The van der Waals surface area contributed by atoms with Crippen LogP contribution in [-0.2, 0) is 10.0 Å². The van der Waals surface area contributed by atoms with Gasteiger partial charge in [0.1, 0.15) is 23.6 Å². The summed E-state index contributed by atoms with van der Waals surface area (Å²) in [5, 5.41) is 4.22. The minimum absolute atomic E-state index is 0.222. The molecule has 0 atom stereocenters. The van der Waals surface area contributed by atoms with Gasteiger partial charge in [-0.25, -0.2) is 23.1 Å². The summed E-state index contributed by atoms with van der Waals surface area (Å²) in [5.74, 6) is 2.10. The van der Waals surface area contributed by atoms with Gasteiger partial charge in [-0.1, -0.05) is 18.2 Å². The highest BCUT2D eigenvalue weighted by Gasteiger charge is 2.08. The number of aryl methyl sites for hydroxylation is 2. The SMILES string of the molecule is Cc1ccc(Oc2ccc(Nc3ncnc4ccc(C=CCNS(C)(=O)=O)cc34)cc2C)cn1. The highest BCUT2D eigenvalue weighted by atomic mass is 32.2. The van der Waals surface area contributed by atoms with Crippen LogP contribution in [0.15, 0.2) is 67.1 Å². The van der Waals surface area contributed by atoms with E-state index in [0.717, 1.165) is 45.4 Å². The average Bonchev–Trinajstić information content (AvgIpc) is 2.80. The standard InChI is InChI=1S/C25H25N5O3S/c1-17-13-20(8-11-24(17)33-21-9-6-18(2)26-15-21)30-25-22-14-19(5-4-12-29-34(3,31)32)7-10-23(22)27-16-28-25/h4-11,13-16,29H,12H2,1-3H3,(H,27,28,30). The number of rotatable bonds is 8. The number of hydrogen-bond donors (Lipinski definition) is 2. The van der Waals surface area contributed by atoms with Crippen molar-refractivity contribution in [2.45, 2.75) is 13.8 Å². The summed E-state index contributed by atoms with van der Waals surface area (Å²) in [6.07, 6.45) is 7.96. The van der Waals surface area contributed by atoms with Crippen molar-refractivity contribution in [3.63, 3.8) is 0 Å². The maximum absolute atomic E-state index is 11.2. The van der Waals surface area contributed by atoms with Crippen LogP contribution in [0.3, 0.4) is 0 Å². The maximum atomic E-state index is 11.2. The molecule has 8 nitrogen and oxygen atoms in total. The van der Waals surface area contributed by atoms with E-state index >= 15 is 0 Å². The van der Waals surface area contributed by atoms with E-state index in [9.17, 15) is 8.42 Å². The minimum atomic E-state index is -3.22. The molecular formula is C25H25N5O3S. The van der Waals surface area contributed by atoms with Crippen molar-refractivity contribution >= 4 is 38.5 Å². The number of nitrogens with one attached hydrogen (secondary N) is 2. The third-order valence-electron chi connectivity index (χ3n) is 4.98. The summed E-state index contributed by atoms with van der Waals surface area (Å²) < 4.78 is 30.8. The second kappa shape index (κ2) is 9.98. The summed E-state index contributed by atoms with van der Waals surface area (Å²) in [7, 11) is -3.22. The Hall–Kier alpha value is -3.82. The van der Waals surface area contributed by atoms with Crippen molar-refractivity contribution in [3.8, 4) is 11.5 Å². The number of benzene rings is 2. The minimum Gasteiger partial charge on any atom is -0.455 e. The molecule has 2 aromatic carbocycles. The van der Waals surface area contributed by atoms with Crippen molar-refractivity contribution in [2.24, 2.45) is 0 Å². The van der Waals surface area contributed by atoms with Gasteiger partial charge in [0.15, 0.2) is 0 Å². The number of ether oxygens (including phenoxy) is 1. The smallest absolute Gasteiger partial charge is 0.208 e. The fraction of sp³-hybridized carbons (Fsp3) is 0.160. The van der Waals surface area contributed by atoms with Crippen molar-refractivity contribution in [2.75, 3.05) is 18.1 Å². The zero-order valence-corrected chi connectivity index (χ0v) is 19.9. The Morgan fingerprint density at radius 2 is 1.85 bits per heavy atom. The van der Waals surface area contributed by atoms with Gasteiger partial charge in [0.2, 0.25) is 10.0 Å². The highest BCUT2D eigenvalue weighted by Crippen LogP contribution is 2.30. The van der Waals surface area contributed by atoms with Gasteiger partial charge in [0, 0.05) is 23.3 Å². The van der Waals surface area contributed by atoms with Crippen LogP contribution in [0.25, 0.3) is 17.0 Å². The molecule has 0 amide bonds. The lowest BCUT2D eigenvalue weighted by atomic mass is 10.1. The van der Waals surface area contributed by atoms with E-state index in [4.69, 9.17) is 4.74 Å². The molecule has 0 aliphatic heterocycles. The van der Waals surface area contributed by atoms with Crippen molar-refractivity contribution in [1.29, 1.82) is 0 Å². The lowest BCUT2D eigenvalue weighted by molar-refractivity contribution is 0.476. The van der Waals surface area contributed by atoms with Crippen LogP contribution in [0.5, 0.6) is 11.5 Å². The van der Waals surface area contributed by atoms with E-state index in [0.29, 0.717) is 11.6 Å². The molecule has 4 aromatic rings. The molecule has 34 heavy (non-hydrogen) atoms. The Kier molecular flexibility index (Phi) is 6.85. The number of aromatic nitrogens is 3.